The molecule has 0 bridgehead atoms. The first kappa shape index (κ1) is 22.5. The molecule has 4 atom stereocenters. The molecule has 0 radical (unpaired) electrons. The number of alkyl halides is 1. The van der Waals surface area contributed by atoms with E-state index in [-0.39, 0.29) is 35.6 Å². The minimum absolute atomic E-state index is 0.0429. The van der Waals surface area contributed by atoms with Crippen LogP contribution < -0.4 is 11.6 Å². The molecule has 2 fully saturated rings. The lowest BCUT2D eigenvalue weighted by Crippen LogP contribution is -2.63. The maximum atomic E-state index is 13.6. The summed E-state index contributed by atoms with van der Waals surface area (Å²) in [5, 5.41) is 1.37. The van der Waals surface area contributed by atoms with E-state index in [1.807, 2.05) is 6.92 Å². The SMILES string of the molecule is C=CC(=C\C(F)=C(\F)CF)/C(N)=C/N(N)C1CC(C)OC2COC(C)(C)OC21. The van der Waals surface area contributed by atoms with Crippen LogP contribution in [-0.2, 0) is 14.2 Å². The van der Waals surface area contributed by atoms with Gasteiger partial charge in [0.2, 0.25) is 0 Å². The summed E-state index contributed by atoms with van der Waals surface area (Å²) in [6, 6.07) is -0.287. The Kier molecular flexibility index (Phi) is 7.33. The van der Waals surface area contributed by atoms with Crippen molar-refractivity contribution in [3.05, 3.63) is 47.9 Å². The zero-order valence-electron chi connectivity index (χ0n) is 16.3. The van der Waals surface area contributed by atoms with Crippen molar-refractivity contribution < 1.29 is 27.4 Å². The number of halogens is 3. The van der Waals surface area contributed by atoms with Crippen LogP contribution >= 0.6 is 0 Å². The molecule has 4 N–H and O–H groups in total. The second kappa shape index (κ2) is 9.13. The van der Waals surface area contributed by atoms with Gasteiger partial charge in [-0.25, -0.2) is 19.0 Å². The maximum Gasteiger partial charge on any atom is 0.166 e. The first-order valence-electron chi connectivity index (χ1n) is 9.00. The maximum absolute atomic E-state index is 13.6. The van der Waals surface area contributed by atoms with Crippen LogP contribution in [0.25, 0.3) is 0 Å². The summed E-state index contributed by atoms with van der Waals surface area (Å²) in [6.45, 7) is 7.86. The van der Waals surface area contributed by atoms with Gasteiger partial charge in [-0.05, 0) is 33.3 Å². The predicted octanol–water partition coefficient (Wildman–Crippen LogP) is 2.89. The van der Waals surface area contributed by atoms with Crippen LogP contribution in [0, 0.1) is 0 Å². The van der Waals surface area contributed by atoms with Crippen molar-refractivity contribution in [2.75, 3.05) is 13.3 Å². The van der Waals surface area contributed by atoms with Gasteiger partial charge in [-0.2, -0.15) is 0 Å². The fourth-order valence-electron chi connectivity index (χ4n) is 3.25. The smallest absolute Gasteiger partial charge is 0.166 e. The van der Waals surface area contributed by atoms with Crippen LogP contribution in [0.5, 0.6) is 0 Å². The van der Waals surface area contributed by atoms with Crippen LogP contribution in [0.15, 0.2) is 47.9 Å². The molecule has 2 rings (SSSR count). The van der Waals surface area contributed by atoms with E-state index < -0.39 is 24.1 Å². The molecule has 2 saturated heterocycles. The molecule has 0 aromatic carbocycles. The fraction of sp³-hybridized carbons (Fsp3) is 0.579. The Morgan fingerprint density at radius 1 is 1.36 bits per heavy atom. The summed E-state index contributed by atoms with van der Waals surface area (Å²) in [6.07, 6.45) is 3.20. The molecule has 2 aliphatic heterocycles. The average molecular weight is 403 g/mol. The molecule has 0 saturated carbocycles. The molecule has 0 aromatic rings. The third-order valence-corrected chi connectivity index (χ3v) is 4.62. The lowest BCUT2D eigenvalue weighted by atomic mass is 9.94. The first-order valence-corrected chi connectivity index (χ1v) is 9.00. The Hall–Kier alpha value is -1.81. The normalized spacial score (nSPS) is 31.7. The minimum atomic E-state index is -1.54. The van der Waals surface area contributed by atoms with Gasteiger partial charge in [0.25, 0.3) is 0 Å². The number of ether oxygens (including phenoxy) is 3. The third kappa shape index (κ3) is 5.38. The molecule has 9 heteroatoms. The van der Waals surface area contributed by atoms with Gasteiger partial charge in [-0.3, -0.25) is 0 Å². The van der Waals surface area contributed by atoms with Crippen molar-refractivity contribution in [1.29, 1.82) is 0 Å². The van der Waals surface area contributed by atoms with E-state index in [4.69, 9.17) is 25.8 Å². The fourth-order valence-corrected chi connectivity index (χ4v) is 3.25. The summed E-state index contributed by atoms with van der Waals surface area (Å²) < 4.78 is 56.5. The topological polar surface area (TPSA) is 83.0 Å². The van der Waals surface area contributed by atoms with Crippen molar-refractivity contribution in [3.63, 3.8) is 0 Å². The number of nitrogens with zero attached hydrogens (tertiary/aromatic N) is 1. The van der Waals surface area contributed by atoms with E-state index in [1.54, 1.807) is 13.8 Å². The minimum Gasteiger partial charge on any atom is -0.397 e. The van der Waals surface area contributed by atoms with E-state index in [2.05, 4.69) is 6.58 Å². The highest BCUT2D eigenvalue weighted by Gasteiger charge is 2.46. The summed E-state index contributed by atoms with van der Waals surface area (Å²) in [7, 11) is 0. The van der Waals surface area contributed by atoms with Gasteiger partial charge >= 0.3 is 0 Å². The van der Waals surface area contributed by atoms with E-state index >= 15 is 0 Å². The summed E-state index contributed by atoms with van der Waals surface area (Å²) in [5.41, 5.74) is 6.09. The molecule has 0 aliphatic carbocycles. The predicted molar refractivity (Wildman–Crippen MR) is 99.4 cm³/mol. The first-order chi connectivity index (χ1) is 13.1. The molecule has 0 aromatic heterocycles. The van der Waals surface area contributed by atoms with Gasteiger partial charge in [0.05, 0.1) is 24.4 Å². The molecule has 2 heterocycles. The average Bonchev–Trinajstić information content (AvgIpc) is 2.64. The van der Waals surface area contributed by atoms with Gasteiger partial charge in [0, 0.05) is 11.8 Å². The zero-order valence-corrected chi connectivity index (χ0v) is 16.3. The molecule has 158 valence electrons. The summed E-state index contributed by atoms with van der Waals surface area (Å²) in [5.74, 6) is 2.55. The van der Waals surface area contributed by atoms with E-state index in [0.717, 1.165) is 6.08 Å². The number of nitrogens with two attached hydrogens (primary N) is 2. The van der Waals surface area contributed by atoms with Crippen molar-refractivity contribution in [2.24, 2.45) is 11.6 Å². The number of fused-ring (bicyclic) bond motifs is 1. The molecule has 4 unspecified atom stereocenters. The number of allylic oxidation sites excluding steroid dienone is 4. The van der Waals surface area contributed by atoms with Crippen LogP contribution in [0.4, 0.5) is 13.2 Å². The van der Waals surface area contributed by atoms with Gasteiger partial charge in [0.1, 0.15) is 18.9 Å². The van der Waals surface area contributed by atoms with Crippen LogP contribution in [0.3, 0.4) is 0 Å². The summed E-state index contributed by atoms with van der Waals surface area (Å²) >= 11 is 0. The van der Waals surface area contributed by atoms with E-state index in [9.17, 15) is 13.2 Å². The Balaban J connectivity index is 2.25. The van der Waals surface area contributed by atoms with Crippen molar-refractivity contribution in [3.8, 4) is 0 Å². The van der Waals surface area contributed by atoms with Gasteiger partial charge in [-0.1, -0.05) is 12.7 Å². The molecule has 0 amide bonds. The zero-order chi connectivity index (χ0) is 21.1. The van der Waals surface area contributed by atoms with Crippen LogP contribution in [-0.4, -0.2) is 48.4 Å². The van der Waals surface area contributed by atoms with Crippen molar-refractivity contribution in [2.45, 2.75) is 57.3 Å². The van der Waals surface area contributed by atoms with Crippen molar-refractivity contribution in [1.82, 2.24) is 5.01 Å². The third-order valence-electron chi connectivity index (χ3n) is 4.62. The van der Waals surface area contributed by atoms with Gasteiger partial charge < -0.3 is 25.0 Å². The number of hydrogen-bond donors (Lipinski definition) is 2. The number of hydrogen-bond acceptors (Lipinski definition) is 6. The quantitative estimate of drug-likeness (QED) is 0.403. The van der Waals surface area contributed by atoms with E-state index in [0.29, 0.717) is 13.0 Å². The van der Waals surface area contributed by atoms with Crippen molar-refractivity contribution >= 4 is 0 Å². The van der Waals surface area contributed by atoms with Gasteiger partial charge in [0.15, 0.2) is 17.4 Å². The molecule has 2 aliphatic rings. The highest BCUT2D eigenvalue weighted by molar-refractivity contribution is 5.41. The Morgan fingerprint density at radius 3 is 2.64 bits per heavy atom. The van der Waals surface area contributed by atoms with Crippen LogP contribution in [0.2, 0.25) is 0 Å². The Labute approximate surface area is 163 Å². The lowest BCUT2D eigenvalue weighted by Gasteiger charge is -2.49. The molecule has 0 spiro atoms. The Bertz CT molecular complexity index is 679. The number of rotatable bonds is 6. The largest absolute Gasteiger partial charge is 0.397 e. The number of hydrazine groups is 1. The molecule has 28 heavy (non-hydrogen) atoms. The molecular formula is C19H28F3N3O3. The Morgan fingerprint density at radius 2 is 2.04 bits per heavy atom. The lowest BCUT2D eigenvalue weighted by molar-refractivity contribution is -0.336. The van der Waals surface area contributed by atoms with E-state index in [1.165, 1.54) is 17.3 Å². The van der Waals surface area contributed by atoms with Crippen LogP contribution in [0.1, 0.15) is 27.2 Å². The van der Waals surface area contributed by atoms with Gasteiger partial charge in [-0.15, -0.1) is 0 Å². The highest BCUT2D eigenvalue weighted by atomic mass is 19.2. The monoisotopic (exact) mass is 403 g/mol. The standard InChI is InChI=1S/C19H28F3N3O3/c1-5-12(7-13(21)14(22)8-20)15(23)9-25(24)16-6-11(2)27-17-10-26-19(3,4)28-18(16)17/h5,7,9,11,16-18H,1,6,8,10,23-24H2,2-4H3/b12-7+,14-13-,15-9-. The summed E-state index contributed by atoms with van der Waals surface area (Å²) in [4.78, 5) is 0. The second-order valence-corrected chi connectivity index (χ2v) is 7.30. The second-order valence-electron chi connectivity index (χ2n) is 7.30. The molecule has 6 nitrogen and oxygen atoms in total. The highest BCUT2D eigenvalue weighted by Crippen LogP contribution is 2.33. The molecular weight excluding hydrogens is 375 g/mol.